The fourth-order valence-electron chi connectivity index (χ4n) is 1.91. The number of nitrogens with one attached hydrogen (secondary N) is 2. The fourth-order valence-corrected chi connectivity index (χ4v) is 1.91. The smallest absolute Gasteiger partial charge is 0.0485 e. The van der Waals surface area contributed by atoms with Gasteiger partial charge in [-0.05, 0) is 36.9 Å². The van der Waals surface area contributed by atoms with Gasteiger partial charge >= 0.3 is 0 Å². The molecule has 4 N–H and O–H groups in total. The maximum atomic E-state index is 5.50. The number of hydrogen-bond acceptors (Lipinski definition) is 3. The molecular formula is C20H24ClN3Y. The van der Waals surface area contributed by atoms with Crippen LogP contribution in [0, 0.1) is 12.3 Å². The summed E-state index contributed by atoms with van der Waals surface area (Å²) in [7, 11) is 0. The van der Waals surface area contributed by atoms with Gasteiger partial charge in [0.1, 0.15) is 0 Å². The Balaban J connectivity index is 0. The van der Waals surface area contributed by atoms with Crippen LogP contribution in [0.3, 0.4) is 0 Å². The van der Waals surface area contributed by atoms with Crippen LogP contribution < -0.4 is 11.3 Å². The summed E-state index contributed by atoms with van der Waals surface area (Å²) in [6.45, 7) is 4.61. The normalized spacial score (nSPS) is 8.08. The van der Waals surface area contributed by atoms with Gasteiger partial charge in [0.25, 0.3) is 0 Å². The Morgan fingerprint density at radius 2 is 1.12 bits per heavy atom. The van der Waals surface area contributed by atoms with Crippen molar-refractivity contribution in [3.63, 3.8) is 0 Å². The van der Waals surface area contributed by atoms with E-state index in [1.54, 1.807) is 0 Å². The van der Waals surface area contributed by atoms with E-state index in [1.165, 1.54) is 16.7 Å². The Morgan fingerprint density at radius 1 is 0.720 bits per heavy atom. The van der Waals surface area contributed by atoms with Gasteiger partial charge in [-0.2, -0.15) is 0 Å². The Morgan fingerprint density at radius 3 is 1.52 bits per heavy atom. The van der Waals surface area contributed by atoms with E-state index in [2.05, 4.69) is 67.6 Å². The average molecular weight is 431 g/mol. The molecule has 129 valence electrons. The zero-order chi connectivity index (χ0) is 16.9. The molecule has 0 spiro atoms. The van der Waals surface area contributed by atoms with Crippen LogP contribution in [0.4, 0.5) is 5.69 Å². The molecule has 0 aliphatic carbocycles. The zero-order valence-corrected chi connectivity index (χ0v) is 18.0. The number of para-hydroxylation sites is 1. The molecule has 5 heteroatoms. The predicted octanol–water partition coefficient (Wildman–Crippen LogP) is 5.32. The molecule has 3 aromatic rings. The van der Waals surface area contributed by atoms with E-state index in [0.717, 1.165) is 5.69 Å². The van der Waals surface area contributed by atoms with Gasteiger partial charge in [-0.15, -0.1) is 12.4 Å². The van der Waals surface area contributed by atoms with Crippen molar-refractivity contribution in [2.24, 2.45) is 5.84 Å². The molecule has 0 saturated heterocycles. The standard InChI is InChI=1S/C13H12.C6H8N2.CH3N.ClH.Y/c1-11-7-9-13(10-8-11)12-5-3-2-4-6-12;7-8-6-4-2-1-3-5-6;1-2;;/h2-10H,1H3;1-5,8H,7H2;2H,1H2;1H;. The number of halogens is 1. The van der Waals surface area contributed by atoms with Crippen LogP contribution >= 0.6 is 12.4 Å². The van der Waals surface area contributed by atoms with Crippen molar-refractivity contribution >= 4 is 24.8 Å². The van der Waals surface area contributed by atoms with Crippen LogP contribution in [0.2, 0.25) is 0 Å². The van der Waals surface area contributed by atoms with Crippen molar-refractivity contribution in [3.8, 4) is 11.1 Å². The molecule has 0 heterocycles. The molecule has 0 fully saturated rings. The number of aryl methyl sites for hydroxylation is 1. The third-order valence-corrected chi connectivity index (χ3v) is 3.10. The molecule has 0 bridgehead atoms. The van der Waals surface area contributed by atoms with Gasteiger partial charge in [0.05, 0.1) is 0 Å². The van der Waals surface area contributed by atoms with Gasteiger partial charge in [-0.25, -0.2) is 0 Å². The van der Waals surface area contributed by atoms with Crippen LogP contribution in [0.15, 0.2) is 84.9 Å². The molecule has 0 atom stereocenters. The Bertz CT molecular complexity index is 662. The number of hydrazine groups is 1. The topological polar surface area (TPSA) is 61.9 Å². The summed E-state index contributed by atoms with van der Waals surface area (Å²) in [5.74, 6) is 5.10. The number of anilines is 1. The Hall–Kier alpha value is -1.52. The second kappa shape index (κ2) is 16.0. The van der Waals surface area contributed by atoms with E-state index in [9.17, 15) is 0 Å². The minimum atomic E-state index is 0. The molecule has 0 unspecified atom stereocenters. The van der Waals surface area contributed by atoms with Crippen LogP contribution in [0.25, 0.3) is 11.1 Å². The quantitative estimate of drug-likeness (QED) is 0.293. The van der Waals surface area contributed by atoms with E-state index in [1.807, 2.05) is 36.4 Å². The molecule has 3 rings (SSSR count). The summed E-state index contributed by atoms with van der Waals surface area (Å²) in [5.41, 5.74) is 7.33. The second-order valence-corrected chi connectivity index (χ2v) is 4.74. The van der Waals surface area contributed by atoms with E-state index in [-0.39, 0.29) is 45.1 Å². The van der Waals surface area contributed by atoms with Crippen molar-refractivity contribution in [1.29, 1.82) is 5.41 Å². The first-order valence-corrected chi connectivity index (χ1v) is 7.28. The predicted molar refractivity (Wildman–Crippen MR) is 108 cm³/mol. The van der Waals surface area contributed by atoms with Gasteiger partial charge in [0.2, 0.25) is 0 Å². The number of nitrogen functional groups attached to an aromatic ring is 1. The molecule has 1 radical (unpaired) electrons. The van der Waals surface area contributed by atoms with Crippen LogP contribution in [-0.2, 0) is 32.7 Å². The zero-order valence-electron chi connectivity index (χ0n) is 14.4. The molecule has 0 amide bonds. The van der Waals surface area contributed by atoms with Crippen LogP contribution in [-0.4, -0.2) is 6.72 Å². The molecule has 0 aromatic heterocycles. The van der Waals surface area contributed by atoms with Gasteiger partial charge in [-0.3, -0.25) is 5.84 Å². The van der Waals surface area contributed by atoms with Crippen molar-refractivity contribution < 1.29 is 32.7 Å². The summed E-state index contributed by atoms with van der Waals surface area (Å²) in [4.78, 5) is 0. The molecule has 0 aliphatic heterocycles. The fraction of sp³-hybridized carbons (Fsp3) is 0.0500. The number of rotatable bonds is 2. The number of benzene rings is 3. The first kappa shape index (κ1) is 25.7. The monoisotopic (exact) mass is 430 g/mol. The summed E-state index contributed by atoms with van der Waals surface area (Å²) >= 11 is 0. The SMILES string of the molecule is C=N.Cc1ccc(-c2ccccc2)cc1.Cl.NNc1ccccc1.[Y]. The Kier molecular flexibility index (Phi) is 16.4. The Labute approximate surface area is 181 Å². The summed E-state index contributed by atoms with van der Waals surface area (Å²) in [6, 6.07) is 28.6. The maximum absolute atomic E-state index is 5.50. The van der Waals surface area contributed by atoms with Gasteiger partial charge in [-0.1, -0.05) is 78.4 Å². The third-order valence-electron chi connectivity index (χ3n) is 3.10. The first-order valence-electron chi connectivity index (χ1n) is 7.28. The third kappa shape index (κ3) is 10.2. The van der Waals surface area contributed by atoms with E-state index in [0.29, 0.717) is 0 Å². The van der Waals surface area contributed by atoms with Gasteiger partial charge < -0.3 is 10.8 Å². The summed E-state index contributed by atoms with van der Waals surface area (Å²) in [6.07, 6.45) is 0. The van der Waals surface area contributed by atoms with E-state index < -0.39 is 0 Å². The van der Waals surface area contributed by atoms with Crippen molar-refractivity contribution in [3.05, 3.63) is 90.5 Å². The first-order chi connectivity index (χ1) is 11.3. The van der Waals surface area contributed by atoms with Crippen molar-refractivity contribution in [1.82, 2.24) is 0 Å². The molecule has 0 saturated carbocycles. The number of hydrogen-bond donors (Lipinski definition) is 3. The van der Waals surface area contributed by atoms with Crippen molar-refractivity contribution in [2.75, 3.05) is 5.43 Å². The minimum absolute atomic E-state index is 0. The van der Waals surface area contributed by atoms with E-state index >= 15 is 0 Å². The maximum Gasteiger partial charge on any atom is 0.0485 e. The molecule has 0 aliphatic rings. The van der Waals surface area contributed by atoms with Crippen molar-refractivity contribution in [2.45, 2.75) is 6.92 Å². The summed E-state index contributed by atoms with van der Waals surface area (Å²) < 4.78 is 0. The summed E-state index contributed by atoms with van der Waals surface area (Å²) in [5, 5.41) is 5.50. The van der Waals surface area contributed by atoms with Crippen LogP contribution in [0.5, 0.6) is 0 Å². The second-order valence-electron chi connectivity index (χ2n) is 4.74. The molecular weight excluding hydrogens is 407 g/mol. The van der Waals surface area contributed by atoms with Gasteiger partial charge in [0.15, 0.2) is 0 Å². The molecule has 3 aromatic carbocycles. The van der Waals surface area contributed by atoms with Gasteiger partial charge in [0, 0.05) is 38.4 Å². The molecule has 3 nitrogen and oxygen atoms in total. The van der Waals surface area contributed by atoms with Crippen LogP contribution in [0.1, 0.15) is 5.56 Å². The average Bonchev–Trinajstić information content (AvgIpc) is 2.66. The largest absolute Gasteiger partial charge is 0.324 e. The van der Waals surface area contributed by atoms with E-state index in [4.69, 9.17) is 11.3 Å². The number of nitrogens with two attached hydrogens (primary N) is 1. The molecule has 25 heavy (non-hydrogen) atoms. The minimum Gasteiger partial charge on any atom is -0.324 e.